The van der Waals surface area contributed by atoms with Gasteiger partial charge in [0.05, 0.1) is 5.92 Å². The van der Waals surface area contributed by atoms with E-state index < -0.39 is 42.7 Å². The lowest BCUT2D eigenvalue weighted by Gasteiger charge is -2.34. The number of fused-ring (bicyclic) bond motifs is 3. The van der Waals surface area contributed by atoms with Gasteiger partial charge in [-0.3, -0.25) is 0 Å². The average Bonchev–Trinajstić information content (AvgIpc) is 3.69. The van der Waals surface area contributed by atoms with Crippen LogP contribution in [0.2, 0.25) is 0 Å². The topological polar surface area (TPSA) is 26.3 Å². The minimum atomic E-state index is -4.67. The second-order valence-electron chi connectivity index (χ2n) is 23.3. The van der Waals surface area contributed by atoms with Gasteiger partial charge in [0.2, 0.25) is 0 Å². The van der Waals surface area contributed by atoms with Gasteiger partial charge in [-0.05, 0) is 169 Å². The Morgan fingerprint density at radius 1 is 0.520 bits per heavy atom. The largest absolute Gasteiger partial charge is 0.462 e. The van der Waals surface area contributed by atoms with Crippen LogP contribution in [-0.2, 0) is 25.8 Å². The summed E-state index contributed by atoms with van der Waals surface area (Å²) >= 11 is 0. The zero-order valence-corrected chi connectivity index (χ0v) is 43.3. The Kier molecular flexibility index (Phi) is 12.1. The van der Waals surface area contributed by atoms with Crippen LogP contribution >= 0.6 is 0 Å². The summed E-state index contributed by atoms with van der Waals surface area (Å²) in [5.74, 6) is -2.89. The fraction of sp³-hybridized carbons (Fsp3) is 0.299. The summed E-state index contributed by atoms with van der Waals surface area (Å²) in [6.45, 7) is 15.8. The molecule has 75 heavy (non-hydrogen) atoms. The highest BCUT2D eigenvalue weighted by Gasteiger charge is 2.45. The van der Waals surface area contributed by atoms with Crippen molar-refractivity contribution in [1.29, 1.82) is 0 Å². The Morgan fingerprint density at radius 3 is 1.36 bits per heavy atom. The third-order valence-electron chi connectivity index (χ3n) is 16.4. The smallest absolute Gasteiger partial charge is 0.395 e. The molecule has 10 aromatic carbocycles. The van der Waals surface area contributed by atoms with Crippen molar-refractivity contribution in [3.8, 4) is 33.4 Å². The summed E-state index contributed by atoms with van der Waals surface area (Å²) in [6.07, 6.45) is -8.88. The fourth-order valence-electron chi connectivity index (χ4n) is 12.5. The van der Waals surface area contributed by atoms with Crippen LogP contribution in [0.5, 0.6) is 0 Å². The minimum Gasteiger partial charge on any atom is -0.462 e. The number of rotatable bonds is 13. The van der Waals surface area contributed by atoms with Crippen molar-refractivity contribution in [1.82, 2.24) is 0 Å². The molecule has 1 aliphatic carbocycles. The number of carbonyl (C=O) groups is 1. The first kappa shape index (κ1) is 50.2. The van der Waals surface area contributed by atoms with E-state index in [1.165, 1.54) is 21.9 Å². The summed E-state index contributed by atoms with van der Waals surface area (Å²) in [5, 5.41) is 13.6. The number of ether oxygens (including phenoxy) is 1. The molecule has 0 aliphatic heterocycles. The van der Waals surface area contributed by atoms with Gasteiger partial charge in [0.1, 0.15) is 6.61 Å². The van der Waals surface area contributed by atoms with Crippen LogP contribution in [0.3, 0.4) is 0 Å². The highest BCUT2D eigenvalue weighted by molar-refractivity contribution is 6.27. The molecule has 382 valence electrons. The zero-order chi connectivity index (χ0) is 53.0. The Morgan fingerprint density at radius 2 is 0.933 bits per heavy atom. The van der Waals surface area contributed by atoms with E-state index in [1.54, 1.807) is 0 Å². The van der Waals surface area contributed by atoms with E-state index in [9.17, 15) is 31.1 Å². The molecule has 0 spiro atoms. The lowest BCUT2D eigenvalue weighted by atomic mass is 9.69. The Bertz CT molecular complexity index is 3610. The molecule has 0 aromatic heterocycles. The van der Waals surface area contributed by atoms with Gasteiger partial charge in [0, 0.05) is 17.9 Å². The van der Waals surface area contributed by atoms with Crippen LogP contribution in [0, 0.1) is 5.92 Å². The quantitative estimate of drug-likeness (QED) is 0.0378. The molecule has 1 atom stereocenters. The van der Waals surface area contributed by atoms with Crippen LogP contribution < -0.4 is 0 Å². The van der Waals surface area contributed by atoms with Crippen molar-refractivity contribution in [2.24, 2.45) is 5.92 Å². The molecule has 8 heteroatoms. The van der Waals surface area contributed by atoms with Crippen molar-refractivity contribution in [2.45, 2.75) is 115 Å². The third-order valence-corrected chi connectivity index (χ3v) is 16.4. The molecule has 0 saturated carbocycles. The van der Waals surface area contributed by atoms with Gasteiger partial charge in [-0.1, -0.05) is 182 Å². The van der Waals surface area contributed by atoms with Crippen molar-refractivity contribution in [3.05, 3.63) is 168 Å². The van der Waals surface area contributed by atoms with E-state index in [4.69, 9.17) is 4.74 Å². The number of benzene rings is 10. The summed E-state index contributed by atoms with van der Waals surface area (Å²) < 4.78 is 91.1. The highest BCUT2D eigenvalue weighted by atomic mass is 19.4. The molecule has 0 amide bonds. The lowest BCUT2D eigenvalue weighted by Crippen LogP contribution is -2.30. The van der Waals surface area contributed by atoms with Crippen molar-refractivity contribution >= 4 is 70.6 Å². The van der Waals surface area contributed by atoms with Gasteiger partial charge >= 0.3 is 18.3 Å². The van der Waals surface area contributed by atoms with Gasteiger partial charge in [0.15, 0.2) is 0 Å². The van der Waals surface area contributed by atoms with Crippen LogP contribution in [0.4, 0.5) is 26.3 Å². The van der Waals surface area contributed by atoms with E-state index in [2.05, 4.69) is 182 Å². The molecule has 0 saturated heterocycles. The molecular formula is C67H60F6O2. The van der Waals surface area contributed by atoms with E-state index in [-0.39, 0.29) is 49.4 Å². The first-order valence-corrected chi connectivity index (χ1v) is 26.2. The summed E-state index contributed by atoms with van der Waals surface area (Å²) in [4.78, 5) is 12.0. The Labute approximate surface area is 434 Å². The zero-order valence-electron chi connectivity index (χ0n) is 43.3. The SMILES string of the molecule is C=CC(=O)OCC(CCCC1(CCCCC(F)(F)F)c2cc(-c3ccc4ccc5cc(C(C)(C)C)cc6ccc3c4c56)ccc2-c2ccc(-c3ccc4ccc5cc(C(C)(C)C)cc6ccc3c4c56)cc21)C(F)(F)F. The molecule has 2 nitrogen and oxygen atoms in total. The van der Waals surface area contributed by atoms with E-state index in [0.29, 0.717) is 0 Å². The molecule has 0 fully saturated rings. The van der Waals surface area contributed by atoms with E-state index in [0.717, 1.165) is 104 Å². The molecule has 0 radical (unpaired) electrons. The monoisotopic (exact) mass is 1010 g/mol. The Hall–Kier alpha value is -6.93. The van der Waals surface area contributed by atoms with Gasteiger partial charge in [-0.2, -0.15) is 26.3 Å². The number of alkyl halides is 6. The summed E-state index contributed by atoms with van der Waals surface area (Å²) in [5.41, 5.74) is 8.85. The van der Waals surface area contributed by atoms with Crippen LogP contribution in [0.1, 0.15) is 109 Å². The second kappa shape index (κ2) is 18.1. The predicted molar refractivity (Wildman–Crippen MR) is 297 cm³/mol. The number of unbranched alkanes of at least 4 members (excludes halogenated alkanes) is 1. The van der Waals surface area contributed by atoms with E-state index in [1.807, 2.05) is 0 Å². The summed E-state index contributed by atoms with van der Waals surface area (Å²) in [6, 6.07) is 47.8. The maximum Gasteiger partial charge on any atom is 0.395 e. The summed E-state index contributed by atoms with van der Waals surface area (Å²) in [7, 11) is 0. The maximum atomic E-state index is 14.8. The van der Waals surface area contributed by atoms with Crippen molar-refractivity contribution < 1.29 is 35.9 Å². The molecule has 1 unspecified atom stereocenters. The van der Waals surface area contributed by atoms with Crippen molar-refractivity contribution in [3.63, 3.8) is 0 Å². The van der Waals surface area contributed by atoms with Gasteiger partial charge in [-0.15, -0.1) is 0 Å². The number of carbonyl (C=O) groups excluding carboxylic acids is 1. The minimum absolute atomic E-state index is 0.0533. The molecule has 0 N–H and O–H groups in total. The average molecular weight is 1010 g/mol. The van der Waals surface area contributed by atoms with Gasteiger partial charge in [0.25, 0.3) is 0 Å². The highest BCUT2D eigenvalue weighted by Crippen LogP contribution is 2.57. The molecule has 1 aliphatic rings. The number of hydrogen-bond acceptors (Lipinski definition) is 2. The van der Waals surface area contributed by atoms with E-state index >= 15 is 0 Å². The molecule has 10 aromatic rings. The first-order valence-electron chi connectivity index (χ1n) is 26.2. The standard InChI is InChI=1S/C67H60F6O2/c1-8-58(74)75-38-47(67(71,72)73)12-11-30-65(29-9-10-31-66(68,69)70)56-36-41(50-23-17-39-13-15-43-32-48(63(2,3)4)34-45-21-27-54(50)61(39)59(43)45)19-25-52(56)53-26-20-42(37-57(53)65)51-24-18-40-14-16-44-33-49(64(5,6)7)35-46-22-28-55(51)62(40)60(44)46/h8,13-28,32-37,47H,1,9-12,29-31,38H2,2-7H3. The fourth-order valence-corrected chi connectivity index (χ4v) is 12.5. The van der Waals surface area contributed by atoms with Crippen molar-refractivity contribution in [2.75, 3.05) is 6.61 Å². The second-order valence-corrected chi connectivity index (χ2v) is 23.3. The number of hydrogen-bond donors (Lipinski definition) is 0. The number of halogens is 6. The van der Waals surface area contributed by atoms with Gasteiger partial charge < -0.3 is 4.74 Å². The lowest BCUT2D eigenvalue weighted by molar-refractivity contribution is -0.191. The number of esters is 1. The molecular weight excluding hydrogens is 951 g/mol. The Balaban J connectivity index is 1.09. The maximum absolute atomic E-state index is 14.8. The molecule has 11 rings (SSSR count). The molecule has 0 bridgehead atoms. The third kappa shape index (κ3) is 8.96. The predicted octanol–water partition coefficient (Wildman–Crippen LogP) is 19.9. The molecule has 0 heterocycles. The first-order chi connectivity index (χ1) is 35.5. The van der Waals surface area contributed by atoms with Crippen LogP contribution in [-0.4, -0.2) is 24.9 Å². The van der Waals surface area contributed by atoms with Gasteiger partial charge in [-0.25, -0.2) is 4.79 Å². The normalized spacial score (nSPS) is 14.5. The van der Waals surface area contributed by atoms with Crippen LogP contribution in [0.15, 0.2) is 146 Å². The van der Waals surface area contributed by atoms with Crippen LogP contribution in [0.25, 0.3) is 98.0 Å².